The minimum Gasteiger partial charge on any atom is -0.444 e. The van der Waals surface area contributed by atoms with Crippen molar-refractivity contribution in [2.45, 2.75) is 32.8 Å². The molecule has 1 aromatic carbocycles. The van der Waals surface area contributed by atoms with Crippen LogP contribution in [0.4, 0.5) is 9.93 Å². The van der Waals surface area contributed by atoms with Crippen LogP contribution in [0.5, 0.6) is 0 Å². The number of anilines is 1. The average Bonchev–Trinajstić information content (AvgIpc) is 2.77. The lowest BCUT2D eigenvalue weighted by Crippen LogP contribution is -2.32. The summed E-state index contributed by atoms with van der Waals surface area (Å²) in [5.74, 6) is 6.09. The van der Waals surface area contributed by atoms with Gasteiger partial charge in [0, 0.05) is 13.0 Å². The van der Waals surface area contributed by atoms with E-state index in [9.17, 15) is 4.79 Å². The number of nitrogen functional groups attached to an aromatic ring is 1. The van der Waals surface area contributed by atoms with Gasteiger partial charge in [0.05, 0.1) is 15.8 Å². The van der Waals surface area contributed by atoms with E-state index in [1.54, 1.807) is 0 Å². The monoisotopic (exact) mass is 317 g/mol. The number of amides is 1. The van der Waals surface area contributed by atoms with E-state index in [1.165, 1.54) is 11.3 Å². The summed E-state index contributed by atoms with van der Waals surface area (Å²) in [5.41, 5.74) is 6.91. The SMILES string of the molecule is CC(C)(C)OC(=O)NCCC#Cc1cccc2sc(N)nc12. The standard InChI is InChI=1S/C16H19N3O2S/c1-16(2,3)21-15(20)18-10-5-4-7-11-8-6-9-12-13(11)19-14(17)22-12/h6,8-9H,5,10H2,1-3H3,(H2,17,19)(H,18,20). The Morgan fingerprint density at radius 2 is 2.23 bits per heavy atom. The van der Waals surface area contributed by atoms with Crippen LogP contribution in [0.25, 0.3) is 10.2 Å². The number of nitrogens with one attached hydrogen (secondary N) is 1. The Morgan fingerprint density at radius 1 is 1.45 bits per heavy atom. The first-order chi connectivity index (χ1) is 10.3. The van der Waals surface area contributed by atoms with Crippen molar-refractivity contribution < 1.29 is 9.53 Å². The van der Waals surface area contributed by atoms with E-state index in [-0.39, 0.29) is 0 Å². The normalized spacial score (nSPS) is 10.9. The number of aromatic nitrogens is 1. The fraction of sp³-hybridized carbons (Fsp3) is 0.375. The van der Waals surface area contributed by atoms with Gasteiger partial charge in [-0.15, -0.1) is 0 Å². The third kappa shape index (κ3) is 4.64. The molecule has 3 N–H and O–H groups in total. The largest absolute Gasteiger partial charge is 0.444 e. The summed E-state index contributed by atoms with van der Waals surface area (Å²) in [6.07, 6.45) is 0.110. The molecule has 0 aliphatic carbocycles. The Labute approximate surface area is 133 Å². The number of benzene rings is 1. The van der Waals surface area contributed by atoms with Crippen LogP contribution in [0.2, 0.25) is 0 Å². The van der Waals surface area contributed by atoms with E-state index in [0.717, 1.165) is 15.8 Å². The lowest BCUT2D eigenvalue weighted by Gasteiger charge is -2.19. The summed E-state index contributed by atoms with van der Waals surface area (Å²) in [4.78, 5) is 15.7. The van der Waals surface area contributed by atoms with Crippen molar-refractivity contribution in [3.8, 4) is 11.8 Å². The second-order valence-electron chi connectivity index (χ2n) is 5.68. The molecule has 0 unspecified atom stereocenters. The molecule has 22 heavy (non-hydrogen) atoms. The fourth-order valence-corrected chi connectivity index (χ4v) is 2.53. The van der Waals surface area contributed by atoms with Crippen molar-refractivity contribution in [1.82, 2.24) is 10.3 Å². The summed E-state index contributed by atoms with van der Waals surface area (Å²) >= 11 is 1.44. The molecule has 0 atom stereocenters. The molecule has 0 aliphatic rings. The zero-order valence-electron chi connectivity index (χ0n) is 12.9. The summed E-state index contributed by atoms with van der Waals surface area (Å²) in [7, 11) is 0. The van der Waals surface area contributed by atoms with E-state index in [4.69, 9.17) is 10.5 Å². The van der Waals surface area contributed by atoms with Crippen LogP contribution in [0.3, 0.4) is 0 Å². The van der Waals surface area contributed by atoms with Crippen LogP contribution in [0, 0.1) is 11.8 Å². The highest BCUT2D eigenvalue weighted by molar-refractivity contribution is 7.22. The minimum absolute atomic E-state index is 0.427. The number of nitrogens with two attached hydrogens (primary N) is 1. The summed E-state index contributed by atoms with van der Waals surface area (Å²) in [5, 5.41) is 3.21. The van der Waals surface area contributed by atoms with Crippen LogP contribution in [0.15, 0.2) is 18.2 Å². The van der Waals surface area contributed by atoms with Crippen LogP contribution in [-0.2, 0) is 4.74 Å². The van der Waals surface area contributed by atoms with E-state index < -0.39 is 11.7 Å². The molecule has 0 aliphatic heterocycles. The molecule has 2 aromatic rings. The molecule has 1 amide bonds. The first-order valence-electron chi connectivity index (χ1n) is 6.96. The number of fused-ring (bicyclic) bond motifs is 1. The average molecular weight is 317 g/mol. The van der Waals surface area contributed by atoms with E-state index in [0.29, 0.717) is 18.1 Å². The molecular formula is C16H19N3O2S. The summed E-state index contributed by atoms with van der Waals surface area (Å²) < 4.78 is 6.17. The van der Waals surface area contributed by atoms with Crippen molar-refractivity contribution in [1.29, 1.82) is 0 Å². The third-order valence-corrected chi connectivity index (χ3v) is 3.43. The first-order valence-corrected chi connectivity index (χ1v) is 7.77. The quantitative estimate of drug-likeness (QED) is 0.659. The second-order valence-corrected chi connectivity index (χ2v) is 6.75. The minimum atomic E-state index is -0.490. The van der Waals surface area contributed by atoms with Gasteiger partial charge in [0.2, 0.25) is 0 Å². The topological polar surface area (TPSA) is 77.2 Å². The van der Waals surface area contributed by atoms with Gasteiger partial charge in [-0.25, -0.2) is 9.78 Å². The summed E-state index contributed by atoms with van der Waals surface area (Å²) in [6.45, 7) is 5.92. The predicted octanol–water partition coefficient (Wildman–Crippen LogP) is 3.14. The Hall–Kier alpha value is -2.26. The molecule has 5 nitrogen and oxygen atoms in total. The highest BCUT2D eigenvalue weighted by Gasteiger charge is 2.15. The molecule has 1 heterocycles. The number of carbonyl (C=O) groups excluding carboxylic acids is 1. The van der Waals surface area contributed by atoms with Gasteiger partial charge in [0.1, 0.15) is 5.60 Å². The van der Waals surface area contributed by atoms with Gasteiger partial charge in [0.15, 0.2) is 5.13 Å². The zero-order valence-corrected chi connectivity index (χ0v) is 13.7. The molecule has 0 fully saturated rings. The van der Waals surface area contributed by atoms with E-state index in [2.05, 4.69) is 22.1 Å². The van der Waals surface area contributed by atoms with Crippen LogP contribution < -0.4 is 11.1 Å². The van der Waals surface area contributed by atoms with Crippen LogP contribution in [-0.4, -0.2) is 23.2 Å². The molecule has 116 valence electrons. The van der Waals surface area contributed by atoms with Gasteiger partial charge in [-0.3, -0.25) is 0 Å². The van der Waals surface area contributed by atoms with Crippen molar-refractivity contribution in [3.63, 3.8) is 0 Å². The van der Waals surface area contributed by atoms with Crippen LogP contribution in [0.1, 0.15) is 32.8 Å². The second kappa shape index (κ2) is 6.67. The molecule has 0 saturated heterocycles. The number of ether oxygens (including phenoxy) is 1. The maximum Gasteiger partial charge on any atom is 0.407 e. The molecule has 2 rings (SSSR count). The lowest BCUT2D eigenvalue weighted by atomic mass is 10.2. The Balaban J connectivity index is 1.90. The smallest absolute Gasteiger partial charge is 0.407 e. The molecular weight excluding hydrogens is 298 g/mol. The maximum absolute atomic E-state index is 11.5. The predicted molar refractivity (Wildman–Crippen MR) is 89.8 cm³/mol. The number of alkyl carbamates (subject to hydrolysis) is 1. The maximum atomic E-state index is 11.5. The number of rotatable bonds is 2. The number of hydrogen-bond acceptors (Lipinski definition) is 5. The lowest BCUT2D eigenvalue weighted by molar-refractivity contribution is 0.0529. The third-order valence-electron chi connectivity index (χ3n) is 2.58. The van der Waals surface area contributed by atoms with Crippen molar-refractivity contribution in [2.24, 2.45) is 0 Å². The molecule has 0 spiro atoms. The van der Waals surface area contributed by atoms with E-state index >= 15 is 0 Å². The van der Waals surface area contributed by atoms with Crippen LogP contribution >= 0.6 is 11.3 Å². The van der Waals surface area contributed by atoms with Gasteiger partial charge < -0.3 is 15.8 Å². The van der Waals surface area contributed by atoms with Crippen molar-refractivity contribution >= 4 is 32.8 Å². The molecule has 6 heteroatoms. The van der Waals surface area contributed by atoms with E-state index in [1.807, 2.05) is 39.0 Å². The van der Waals surface area contributed by atoms with Gasteiger partial charge >= 0.3 is 6.09 Å². The van der Waals surface area contributed by atoms with Crippen molar-refractivity contribution in [2.75, 3.05) is 12.3 Å². The molecule has 0 radical (unpaired) electrons. The molecule has 0 saturated carbocycles. The number of carbonyl (C=O) groups is 1. The van der Waals surface area contributed by atoms with Gasteiger partial charge in [-0.2, -0.15) is 0 Å². The van der Waals surface area contributed by atoms with Gasteiger partial charge in [0.25, 0.3) is 0 Å². The molecule has 1 aromatic heterocycles. The highest BCUT2D eigenvalue weighted by Crippen LogP contribution is 2.25. The number of hydrogen-bond donors (Lipinski definition) is 2. The number of para-hydroxylation sites is 1. The zero-order chi connectivity index (χ0) is 16.2. The number of nitrogens with zero attached hydrogens (tertiary/aromatic N) is 1. The van der Waals surface area contributed by atoms with Gasteiger partial charge in [-0.05, 0) is 32.9 Å². The highest BCUT2D eigenvalue weighted by atomic mass is 32.1. The van der Waals surface area contributed by atoms with Gasteiger partial charge in [-0.1, -0.05) is 29.2 Å². The summed E-state index contributed by atoms with van der Waals surface area (Å²) in [6, 6.07) is 5.82. The van der Waals surface area contributed by atoms with Crippen molar-refractivity contribution in [3.05, 3.63) is 23.8 Å². The Kier molecular flexibility index (Phi) is 4.88. The number of thiazole rings is 1. The Bertz CT molecular complexity index is 735. The molecule has 0 bridgehead atoms. The first kappa shape index (κ1) is 16.1. The fourth-order valence-electron chi connectivity index (χ4n) is 1.77. The Morgan fingerprint density at radius 3 is 2.95 bits per heavy atom.